The average Bonchev–Trinajstić information content (AvgIpc) is 3.16. The molecule has 1 aromatic rings. The molecule has 0 atom stereocenters. The van der Waals surface area contributed by atoms with E-state index >= 15 is 0 Å². The summed E-state index contributed by atoms with van der Waals surface area (Å²) in [6.45, 7) is 1.20. The van der Waals surface area contributed by atoms with Crippen LogP contribution in [0.1, 0.15) is 25.7 Å². The molecular weight excluding hydrogens is 228 g/mol. The van der Waals surface area contributed by atoms with Crippen LogP contribution in [0.2, 0.25) is 0 Å². The molecule has 1 saturated carbocycles. The van der Waals surface area contributed by atoms with Gasteiger partial charge in [0, 0.05) is 12.2 Å². The molecule has 0 heterocycles. The molecule has 0 saturated heterocycles. The van der Waals surface area contributed by atoms with Crippen LogP contribution < -0.4 is 15.8 Å². The number of amides is 1. The predicted octanol–water partition coefficient (Wildman–Crippen LogP) is 1.95. The maximum atomic E-state index is 11.5. The number of benzene rings is 1. The molecule has 0 spiro atoms. The molecule has 18 heavy (non-hydrogen) atoms. The second-order valence-corrected chi connectivity index (χ2v) is 4.75. The SMILES string of the molecule is Nc1ccc(OCCC(=O)NCCC2CC2)cc1. The first-order chi connectivity index (χ1) is 8.74. The lowest BCUT2D eigenvalue weighted by atomic mass is 10.3. The topological polar surface area (TPSA) is 64.3 Å². The summed E-state index contributed by atoms with van der Waals surface area (Å²) < 4.78 is 5.46. The maximum absolute atomic E-state index is 11.5. The van der Waals surface area contributed by atoms with Crippen LogP contribution >= 0.6 is 0 Å². The fourth-order valence-electron chi connectivity index (χ4n) is 1.74. The van der Waals surface area contributed by atoms with Gasteiger partial charge in [-0.1, -0.05) is 12.8 Å². The summed E-state index contributed by atoms with van der Waals surface area (Å²) in [5.74, 6) is 1.66. The first-order valence-corrected chi connectivity index (χ1v) is 6.49. The van der Waals surface area contributed by atoms with Crippen LogP contribution in [0, 0.1) is 5.92 Å². The van der Waals surface area contributed by atoms with Crippen LogP contribution in [0.25, 0.3) is 0 Å². The smallest absolute Gasteiger partial charge is 0.223 e. The molecule has 1 aliphatic rings. The van der Waals surface area contributed by atoms with Crippen LogP contribution in [-0.2, 0) is 4.79 Å². The molecule has 2 rings (SSSR count). The van der Waals surface area contributed by atoms with Gasteiger partial charge in [-0.15, -0.1) is 0 Å². The van der Waals surface area contributed by atoms with Gasteiger partial charge in [-0.2, -0.15) is 0 Å². The Bertz CT molecular complexity index is 385. The van der Waals surface area contributed by atoms with E-state index in [9.17, 15) is 4.79 Å². The summed E-state index contributed by atoms with van der Waals surface area (Å²) in [5.41, 5.74) is 6.28. The van der Waals surface area contributed by atoms with Gasteiger partial charge >= 0.3 is 0 Å². The Morgan fingerprint density at radius 2 is 2.06 bits per heavy atom. The quantitative estimate of drug-likeness (QED) is 0.725. The number of nitrogens with one attached hydrogen (secondary N) is 1. The summed E-state index contributed by atoms with van der Waals surface area (Å²) in [4.78, 5) is 11.5. The molecule has 0 aromatic heterocycles. The van der Waals surface area contributed by atoms with Crippen LogP contribution in [0.5, 0.6) is 5.75 Å². The lowest BCUT2D eigenvalue weighted by Gasteiger charge is -2.07. The van der Waals surface area contributed by atoms with Crippen molar-refractivity contribution < 1.29 is 9.53 Å². The summed E-state index contributed by atoms with van der Waals surface area (Å²) in [6, 6.07) is 7.18. The van der Waals surface area contributed by atoms with Crippen molar-refractivity contribution in [3.05, 3.63) is 24.3 Å². The molecule has 1 amide bonds. The second-order valence-electron chi connectivity index (χ2n) is 4.75. The Morgan fingerprint density at radius 1 is 1.33 bits per heavy atom. The number of nitrogens with two attached hydrogens (primary N) is 1. The van der Waals surface area contributed by atoms with Gasteiger partial charge in [0.25, 0.3) is 0 Å². The lowest BCUT2D eigenvalue weighted by molar-refractivity contribution is -0.121. The van der Waals surface area contributed by atoms with Crippen LogP contribution in [0.3, 0.4) is 0 Å². The molecule has 4 heteroatoms. The summed E-state index contributed by atoms with van der Waals surface area (Å²) in [7, 11) is 0. The van der Waals surface area contributed by atoms with Gasteiger partial charge in [0.05, 0.1) is 13.0 Å². The van der Waals surface area contributed by atoms with Gasteiger partial charge in [-0.05, 0) is 36.6 Å². The van der Waals surface area contributed by atoms with Crippen molar-refractivity contribution in [2.75, 3.05) is 18.9 Å². The molecular formula is C14H20N2O2. The highest BCUT2D eigenvalue weighted by Gasteiger charge is 2.20. The Morgan fingerprint density at radius 3 is 2.72 bits per heavy atom. The number of rotatable bonds is 7. The number of nitrogen functional groups attached to an aromatic ring is 1. The summed E-state index contributed by atoms with van der Waals surface area (Å²) >= 11 is 0. The Balaban J connectivity index is 1.56. The third-order valence-electron chi connectivity index (χ3n) is 3.05. The fraction of sp³-hybridized carbons (Fsp3) is 0.500. The van der Waals surface area contributed by atoms with E-state index in [1.165, 1.54) is 12.8 Å². The van der Waals surface area contributed by atoms with Gasteiger partial charge in [0.2, 0.25) is 5.91 Å². The van der Waals surface area contributed by atoms with E-state index < -0.39 is 0 Å². The lowest BCUT2D eigenvalue weighted by Crippen LogP contribution is -2.26. The minimum atomic E-state index is 0.0612. The van der Waals surface area contributed by atoms with Gasteiger partial charge < -0.3 is 15.8 Å². The molecule has 1 aromatic carbocycles. The van der Waals surface area contributed by atoms with E-state index in [2.05, 4.69) is 5.32 Å². The summed E-state index contributed by atoms with van der Waals surface area (Å²) in [5, 5.41) is 2.91. The van der Waals surface area contributed by atoms with E-state index in [1.807, 2.05) is 0 Å². The van der Waals surface area contributed by atoms with Crippen LogP contribution in [0.4, 0.5) is 5.69 Å². The maximum Gasteiger partial charge on any atom is 0.223 e. The van der Waals surface area contributed by atoms with Crippen molar-refractivity contribution in [2.45, 2.75) is 25.7 Å². The molecule has 3 N–H and O–H groups in total. The number of hydrogen-bond donors (Lipinski definition) is 2. The van der Waals surface area contributed by atoms with Crippen LogP contribution in [-0.4, -0.2) is 19.1 Å². The molecule has 1 aliphatic carbocycles. The predicted molar refractivity (Wildman–Crippen MR) is 71.3 cm³/mol. The number of hydrogen-bond acceptors (Lipinski definition) is 3. The molecule has 1 fully saturated rings. The Hall–Kier alpha value is -1.71. The van der Waals surface area contributed by atoms with Gasteiger partial charge in [0.15, 0.2) is 0 Å². The van der Waals surface area contributed by atoms with Crippen molar-refractivity contribution >= 4 is 11.6 Å². The minimum absolute atomic E-state index is 0.0612. The van der Waals surface area contributed by atoms with Crippen molar-refractivity contribution in [3.8, 4) is 5.75 Å². The van der Waals surface area contributed by atoms with Crippen molar-refractivity contribution in [1.82, 2.24) is 5.32 Å². The minimum Gasteiger partial charge on any atom is -0.493 e. The van der Waals surface area contributed by atoms with E-state index in [1.54, 1.807) is 24.3 Å². The fourth-order valence-corrected chi connectivity index (χ4v) is 1.74. The van der Waals surface area contributed by atoms with Gasteiger partial charge in [-0.3, -0.25) is 4.79 Å². The largest absolute Gasteiger partial charge is 0.493 e. The standard InChI is InChI=1S/C14H20N2O2/c15-12-3-5-13(6-4-12)18-10-8-14(17)16-9-7-11-1-2-11/h3-6,11H,1-2,7-10,15H2,(H,16,17). The number of ether oxygens (including phenoxy) is 1. The monoisotopic (exact) mass is 248 g/mol. The highest BCUT2D eigenvalue weighted by Crippen LogP contribution is 2.31. The third kappa shape index (κ3) is 4.65. The first-order valence-electron chi connectivity index (χ1n) is 6.49. The van der Waals surface area contributed by atoms with Crippen LogP contribution in [0.15, 0.2) is 24.3 Å². The highest BCUT2D eigenvalue weighted by atomic mass is 16.5. The van der Waals surface area contributed by atoms with E-state index in [0.717, 1.165) is 24.6 Å². The van der Waals surface area contributed by atoms with E-state index in [0.29, 0.717) is 18.7 Å². The van der Waals surface area contributed by atoms with E-state index in [-0.39, 0.29) is 5.91 Å². The number of carbonyl (C=O) groups is 1. The molecule has 98 valence electrons. The molecule has 0 aliphatic heterocycles. The second kappa shape index (κ2) is 6.28. The number of anilines is 1. The Labute approximate surface area is 108 Å². The molecule has 0 unspecified atom stereocenters. The van der Waals surface area contributed by atoms with Crippen molar-refractivity contribution in [3.63, 3.8) is 0 Å². The van der Waals surface area contributed by atoms with Gasteiger partial charge in [0.1, 0.15) is 5.75 Å². The number of carbonyl (C=O) groups excluding carboxylic acids is 1. The highest BCUT2D eigenvalue weighted by molar-refractivity contribution is 5.75. The van der Waals surface area contributed by atoms with Crippen molar-refractivity contribution in [1.29, 1.82) is 0 Å². The third-order valence-corrected chi connectivity index (χ3v) is 3.05. The summed E-state index contributed by atoms with van der Waals surface area (Å²) in [6.07, 6.45) is 4.17. The van der Waals surface area contributed by atoms with E-state index in [4.69, 9.17) is 10.5 Å². The molecule has 0 radical (unpaired) electrons. The molecule has 0 bridgehead atoms. The zero-order valence-corrected chi connectivity index (χ0v) is 10.5. The zero-order valence-electron chi connectivity index (χ0n) is 10.5. The average molecular weight is 248 g/mol. The normalized spacial score (nSPS) is 14.2. The Kier molecular flexibility index (Phi) is 4.45. The first kappa shape index (κ1) is 12.7. The van der Waals surface area contributed by atoms with Crippen molar-refractivity contribution in [2.24, 2.45) is 5.92 Å². The molecule has 4 nitrogen and oxygen atoms in total. The zero-order chi connectivity index (χ0) is 12.8. The van der Waals surface area contributed by atoms with Gasteiger partial charge in [-0.25, -0.2) is 0 Å².